The Hall–Kier alpha value is -3.64. The van der Waals surface area contributed by atoms with Gasteiger partial charge in [0.15, 0.2) is 0 Å². The molecule has 1 unspecified atom stereocenters. The Morgan fingerprint density at radius 1 is 0.844 bits per heavy atom. The molecule has 0 aliphatic heterocycles. The first kappa shape index (κ1) is 23.0. The molecule has 3 aromatic rings. The monoisotopic (exact) mass is 449 g/mol. The number of hydrogen-bond acceptors (Lipinski definition) is 3. The molecule has 3 rings (SSSR count). The van der Waals surface area contributed by atoms with Gasteiger partial charge in [-0.15, -0.1) is 0 Å². The van der Waals surface area contributed by atoms with Crippen LogP contribution in [0.2, 0.25) is 5.02 Å². The minimum Gasteiger partial charge on any atom is -0.340 e. The molecule has 3 amide bonds. The number of halogens is 1. The molecule has 0 radical (unpaired) electrons. The molecule has 0 aliphatic rings. The highest BCUT2D eigenvalue weighted by atomic mass is 35.5. The number of carbonyl (C=O) groups is 3. The van der Waals surface area contributed by atoms with Crippen molar-refractivity contribution in [3.63, 3.8) is 0 Å². The smallest absolute Gasteiger partial charge is 0.251 e. The molecule has 0 aromatic heterocycles. The lowest BCUT2D eigenvalue weighted by molar-refractivity contribution is -0.118. The highest BCUT2D eigenvalue weighted by Crippen LogP contribution is 2.23. The maximum absolute atomic E-state index is 13.2. The predicted octanol–water partition coefficient (Wildman–Crippen LogP) is 4.59. The van der Waals surface area contributed by atoms with Crippen LogP contribution in [0.5, 0.6) is 0 Å². The first-order valence-electron chi connectivity index (χ1n) is 10.1. The molecule has 0 aliphatic carbocycles. The van der Waals surface area contributed by atoms with Gasteiger partial charge in [-0.1, -0.05) is 48.0 Å². The first-order valence-corrected chi connectivity index (χ1v) is 10.5. The summed E-state index contributed by atoms with van der Waals surface area (Å²) in [5, 5.41) is 8.97. The van der Waals surface area contributed by atoms with Crippen LogP contribution in [0.3, 0.4) is 0 Å². The summed E-state index contributed by atoms with van der Waals surface area (Å²) in [6.07, 6.45) is 0.316. The van der Waals surface area contributed by atoms with E-state index >= 15 is 0 Å². The molecular formula is C25H24ClN3O3. The fourth-order valence-corrected chi connectivity index (χ4v) is 3.34. The van der Waals surface area contributed by atoms with Gasteiger partial charge in [0.1, 0.15) is 6.04 Å². The van der Waals surface area contributed by atoms with E-state index in [0.717, 1.165) is 11.1 Å². The van der Waals surface area contributed by atoms with Gasteiger partial charge in [-0.3, -0.25) is 14.4 Å². The van der Waals surface area contributed by atoms with Crippen LogP contribution in [0.15, 0.2) is 72.8 Å². The summed E-state index contributed by atoms with van der Waals surface area (Å²) in [7, 11) is 0. The van der Waals surface area contributed by atoms with Crippen LogP contribution < -0.4 is 16.0 Å². The van der Waals surface area contributed by atoms with E-state index < -0.39 is 6.04 Å². The number of anilines is 2. The average molecular weight is 450 g/mol. The van der Waals surface area contributed by atoms with Crippen LogP contribution in [0, 0.1) is 6.92 Å². The number of amides is 3. The summed E-state index contributed by atoms with van der Waals surface area (Å²) in [6, 6.07) is 20.4. The average Bonchev–Trinajstić information content (AvgIpc) is 2.77. The van der Waals surface area contributed by atoms with Gasteiger partial charge in [0.25, 0.3) is 5.91 Å². The van der Waals surface area contributed by atoms with Crippen molar-refractivity contribution in [2.24, 2.45) is 0 Å². The van der Waals surface area contributed by atoms with E-state index in [1.165, 1.54) is 6.92 Å². The van der Waals surface area contributed by atoms with Crippen LogP contribution in [-0.2, 0) is 16.0 Å². The Morgan fingerprint density at radius 3 is 2.09 bits per heavy atom. The molecule has 7 heteroatoms. The first-order chi connectivity index (χ1) is 15.3. The number of rotatable bonds is 7. The van der Waals surface area contributed by atoms with Gasteiger partial charge < -0.3 is 16.0 Å². The van der Waals surface area contributed by atoms with E-state index in [1.54, 1.807) is 49.4 Å². The summed E-state index contributed by atoms with van der Waals surface area (Å²) in [4.78, 5) is 37.4. The zero-order valence-electron chi connectivity index (χ0n) is 17.8. The SMILES string of the molecule is CC(=O)Nc1cccc(NC(=O)C(Cc2ccccc2)NC(=O)c2ccc(Cl)cc2)c1C. The Bertz CT molecular complexity index is 1120. The lowest BCUT2D eigenvalue weighted by Gasteiger charge is -2.20. The number of carbonyl (C=O) groups excluding carboxylic acids is 3. The van der Waals surface area contributed by atoms with Crippen LogP contribution in [0.4, 0.5) is 11.4 Å². The maximum atomic E-state index is 13.2. The highest BCUT2D eigenvalue weighted by molar-refractivity contribution is 6.30. The maximum Gasteiger partial charge on any atom is 0.251 e. The van der Waals surface area contributed by atoms with Crippen molar-refractivity contribution >= 4 is 40.7 Å². The number of hydrogen-bond donors (Lipinski definition) is 3. The third-order valence-electron chi connectivity index (χ3n) is 4.91. The molecule has 0 bridgehead atoms. The fourth-order valence-electron chi connectivity index (χ4n) is 3.22. The molecule has 0 fully saturated rings. The topological polar surface area (TPSA) is 87.3 Å². The highest BCUT2D eigenvalue weighted by Gasteiger charge is 2.23. The Kier molecular flexibility index (Phi) is 7.63. The largest absolute Gasteiger partial charge is 0.340 e. The van der Waals surface area contributed by atoms with Gasteiger partial charge in [-0.2, -0.15) is 0 Å². The Balaban J connectivity index is 1.82. The Labute approximate surface area is 192 Å². The van der Waals surface area contributed by atoms with Crippen molar-refractivity contribution < 1.29 is 14.4 Å². The molecule has 164 valence electrons. The summed E-state index contributed by atoms with van der Waals surface area (Å²) in [6.45, 7) is 3.23. The van der Waals surface area contributed by atoms with E-state index in [1.807, 2.05) is 30.3 Å². The van der Waals surface area contributed by atoms with E-state index in [2.05, 4.69) is 16.0 Å². The molecule has 0 saturated carbocycles. The molecule has 0 spiro atoms. The molecular weight excluding hydrogens is 426 g/mol. The third-order valence-corrected chi connectivity index (χ3v) is 5.17. The summed E-state index contributed by atoms with van der Waals surface area (Å²) in [5.41, 5.74) is 3.20. The zero-order chi connectivity index (χ0) is 23.1. The summed E-state index contributed by atoms with van der Waals surface area (Å²) >= 11 is 5.91. The van der Waals surface area contributed by atoms with Gasteiger partial charge >= 0.3 is 0 Å². The third kappa shape index (κ3) is 6.18. The predicted molar refractivity (Wildman–Crippen MR) is 127 cm³/mol. The van der Waals surface area contributed by atoms with Crippen molar-refractivity contribution in [1.82, 2.24) is 5.32 Å². The van der Waals surface area contributed by atoms with Gasteiger partial charge in [0.05, 0.1) is 0 Å². The van der Waals surface area contributed by atoms with E-state index in [0.29, 0.717) is 28.4 Å². The van der Waals surface area contributed by atoms with Gasteiger partial charge in [0, 0.05) is 35.3 Å². The fraction of sp³-hybridized carbons (Fsp3) is 0.160. The van der Waals surface area contributed by atoms with Crippen molar-refractivity contribution in [3.05, 3.63) is 94.5 Å². The molecule has 0 heterocycles. The standard InChI is InChI=1S/C25H24ClN3O3/c1-16-21(27-17(2)30)9-6-10-22(16)28-25(32)23(15-18-7-4-3-5-8-18)29-24(31)19-11-13-20(26)14-12-19/h3-14,23H,15H2,1-2H3,(H,27,30)(H,28,32)(H,29,31). The van der Waals surface area contributed by atoms with Crippen LogP contribution in [-0.4, -0.2) is 23.8 Å². The van der Waals surface area contributed by atoms with Crippen LogP contribution >= 0.6 is 11.6 Å². The quantitative estimate of drug-likeness (QED) is 0.493. The summed E-state index contributed by atoms with van der Waals surface area (Å²) < 4.78 is 0. The summed E-state index contributed by atoms with van der Waals surface area (Å²) in [5.74, 6) is -0.936. The van der Waals surface area contributed by atoms with E-state index in [-0.39, 0.29) is 17.7 Å². The Morgan fingerprint density at radius 2 is 1.47 bits per heavy atom. The second-order valence-electron chi connectivity index (χ2n) is 7.37. The molecule has 0 saturated heterocycles. The molecule has 3 aromatic carbocycles. The van der Waals surface area contributed by atoms with Gasteiger partial charge in [0.2, 0.25) is 11.8 Å². The second-order valence-corrected chi connectivity index (χ2v) is 7.81. The lowest BCUT2D eigenvalue weighted by atomic mass is 10.0. The van der Waals surface area contributed by atoms with E-state index in [9.17, 15) is 14.4 Å². The van der Waals surface area contributed by atoms with Crippen molar-refractivity contribution in [2.75, 3.05) is 10.6 Å². The van der Waals surface area contributed by atoms with Crippen LogP contribution in [0.1, 0.15) is 28.4 Å². The molecule has 32 heavy (non-hydrogen) atoms. The van der Waals surface area contributed by atoms with Crippen molar-refractivity contribution in [3.8, 4) is 0 Å². The molecule has 3 N–H and O–H groups in total. The lowest BCUT2D eigenvalue weighted by Crippen LogP contribution is -2.45. The van der Waals surface area contributed by atoms with Crippen molar-refractivity contribution in [2.45, 2.75) is 26.3 Å². The van der Waals surface area contributed by atoms with Gasteiger partial charge in [-0.25, -0.2) is 0 Å². The minimum absolute atomic E-state index is 0.200. The van der Waals surface area contributed by atoms with Crippen LogP contribution in [0.25, 0.3) is 0 Å². The van der Waals surface area contributed by atoms with Gasteiger partial charge in [-0.05, 0) is 54.4 Å². The molecule has 1 atom stereocenters. The molecule has 6 nitrogen and oxygen atoms in total. The second kappa shape index (κ2) is 10.6. The minimum atomic E-state index is -0.815. The number of benzene rings is 3. The van der Waals surface area contributed by atoms with E-state index in [4.69, 9.17) is 11.6 Å². The van der Waals surface area contributed by atoms with Crippen molar-refractivity contribution in [1.29, 1.82) is 0 Å². The normalized spacial score (nSPS) is 11.3. The number of nitrogens with one attached hydrogen (secondary N) is 3. The zero-order valence-corrected chi connectivity index (χ0v) is 18.6.